The third-order valence-corrected chi connectivity index (χ3v) is 7.66. The van der Waals surface area contributed by atoms with Crippen LogP contribution in [0.25, 0.3) is 22.4 Å². The summed E-state index contributed by atoms with van der Waals surface area (Å²) >= 11 is 0. The molecule has 2 atom stereocenters. The molecule has 35 heavy (non-hydrogen) atoms. The number of rotatable bonds is 11. The van der Waals surface area contributed by atoms with Crippen molar-refractivity contribution in [1.82, 2.24) is 29.4 Å². The number of hydrogen-bond acceptors (Lipinski definition) is 6. The highest BCUT2D eigenvalue weighted by molar-refractivity contribution is 7.83. The van der Waals surface area contributed by atoms with Gasteiger partial charge in [0, 0.05) is 19.6 Å². The van der Waals surface area contributed by atoms with Gasteiger partial charge in [-0.1, -0.05) is 20.3 Å². The molecule has 0 aliphatic carbocycles. The summed E-state index contributed by atoms with van der Waals surface area (Å²) < 4.78 is 23.8. The van der Waals surface area contributed by atoms with E-state index in [0.717, 1.165) is 37.9 Å². The van der Waals surface area contributed by atoms with E-state index in [-0.39, 0.29) is 5.56 Å². The van der Waals surface area contributed by atoms with Crippen LogP contribution in [0.3, 0.4) is 0 Å². The summed E-state index contributed by atoms with van der Waals surface area (Å²) in [6, 6.07) is 5.96. The zero-order chi connectivity index (χ0) is 24.9. The van der Waals surface area contributed by atoms with Crippen LogP contribution in [-0.2, 0) is 24.5 Å². The maximum Gasteiger partial charge on any atom is 0.277 e. The van der Waals surface area contributed by atoms with Crippen LogP contribution in [0.5, 0.6) is 5.75 Å². The van der Waals surface area contributed by atoms with Crippen LogP contribution in [-0.4, -0.2) is 61.6 Å². The van der Waals surface area contributed by atoms with Gasteiger partial charge < -0.3 is 14.6 Å². The summed E-state index contributed by atoms with van der Waals surface area (Å²) in [6.07, 6.45) is 5.85. The fourth-order valence-electron chi connectivity index (χ4n) is 4.67. The summed E-state index contributed by atoms with van der Waals surface area (Å²) in [5.74, 6) is 0.994. The number of nitrogens with one attached hydrogen (secondary N) is 2. The second kappa shape index (κ2) is 11.5. The van der Waals surface area contributed by atoms with Gasteiger partial charge in [0.05, 0.1) is 22.8 Å². The van der Waals surface area contributed by atoms with Crippen molar-refractivity contribution in [3.8, 4) is 17.1 Å². The molecule has 1 aliphatic rings. The third-order valence-electron chi connectivity index (χ3n) is 6.51. The van der Waals surface area contributed by atoms with Crippen molar-refractivity contribution in [3.05, 3.63) is 34.2 Å². The van der Waals surface area contributed by atoms with Crippen molar-refractivity contribution in [2.24, 2.45) is 7.05 Å². The molecule has 0 saturated carbocycles. The lowest BCUT2D eigenvalue weighted by Crippen LogP contribution is -2.29. The van der Waals surface area contributed by atoms with Gasteiger partial charge in [-0.3, -0.25) is 9.48 Å². The van der Waals surface area contributed by atoms with E-state index in [1.807, 2.05) is 19.1 Å². The van der Waals surface area contributed by atoms with E-state index in [2.05, 4.69) is 33.7 Å². The first-order valence-corrected chi connectivity index (χ1v) is 13.7. The van der Waals surface area contributed by atoms with E-state index in [1.165, 1.54) is 12.8 Å². The molecular weight excluding hydrogens is 464 g/mol. The average molecular weight is 501 g/mol. The zero-order valence-corrected chi connectivity index (χ0v) is 21.9. The molecule has 0 spiro atoms. The number of nitrogens with zero attached hydrogens (tertiary/aromatic N) is 4. The molecule has 3 aromatic rings. The molecule has 3 heterocycles. The summed E-state index contributed by atoms with van der Waals surface area (Å²) in [4.78, 5) is 23.7. The van der Waals surface area contributed by atoms with Gasteiger partial charge >= 0.3 is 0 Å². The normalized spacial score (nSPS) is 17.3. The molecule has 1 aromatic carbocycles. The van der Waals surface area contributed by atoms with Crippen molar-refractivity contribution in [1.29, 1.82) is 0 Å². The quantitative estimate of drug-likeness (QED) is 0.419. The molecule has 1 saturated heterocycles. The standard InChI is InChI=1S/C25H36N6O3S/c1-5-8-20-22-23(31(4)29-20)25(32)28-24(27-22)19-16-18(10-11-21(19)34-15-6-2)35(33)26-13-12-17-9-7-14-30(17)3/h10-11,16-17,26H,5-9,12-15H2,1-4H3,(H,27,28,32). The first-order valence-electron chi connectivity index (χ1n) is 12.5. The molecular formula is C25H36N6O3S. The molecule has 0 bridgehead atoms. The zero-order valence-electron chi connectivity index (χ0n) is 21.1. The Hall–Kier alpha value is -2.56. The van der Waals surface area contributed by atoms with Gasteiger partial charge in [-0.25, -0.2) is 13.9 Å². The SMILES string of the molecule is CCCOc1ccc(S(=O)NCCC2CCCN2C)cc1-c1nc2c(CCC)nn(C)c2c(=O)[nH]1. The second-order valence-corrected chi connectivity index (χ2v) is 10.5. The second-order valence-electron chi connectivity index (χ2n) is 9.17. The Bertz CT molecular complexity index is 1250. The highest BCUT2D eigenvalue weighted by atomic mass is 32.2. The number of aromatic amines is 1. The van der Waals surface area contributed by atoms with Gasteiger partial charge in [-0.2, -0.15) is 5.10 Å². The topological polar surface area (TPSA) is 105 Å². The van der Waals surface area contributed by atoms with Gasteiger partial charge in [-0.15, -0.1) is 0 Å². The van der Waals surface area contributed by atoms with Crippen molar-refractivity contribution >= 4 is 22.0 Å². The largest absolute Gasteiger partial charge is 0.493 e. The number of aromatic nitrogens is 4. The van der Waals surface area contributed by atoms with Crippen molar-refractivity contribution < 1.29 is 8.95 Å². The Labute approximate surface area is 208 Å². The monoisotopic (exact) mass is 500 g/mol. The van der Waals surface area contributed by atoms with Gasteiger partial charge in [-0.05, 0) is 63.9 Å². The molecule has 2 aromatic heterocycles. The van der Waals surface area contributed by atoms with E-state index in [4.69, 9.17) is 9.72 Å². The number of fused-ring (bicyclic) bond motifs is 1. The van der Waals surface area contributed by atoms with Gasteiger partial charge in [0.15, 0.2) is 5.52 Å². The Morgan fingerprint density at radius 1 is 1.26 bits per heavy atom. The third kappa shape index (κ3) is 5.65. The van der Waals surface area contributed by atoms with Crippen LogP contribution in [0, 0.1) is 0 Å². The number of hydrogen-bond donors (Lipinski definition) is 2. The highest BCUT2D eigenvalue weighted by Gasteiger charge is 2.21. The summed E-state index contributed by atoms with van der Waals surface area (Å²) in [7, 11) is 2.52. The maximum absolute atomic E-state index is 13.1. The maximum atomic E-state index is 13.1. The van der Waals surface area contributed by atoms with Gasteiger partial charge in [0.25, 0.3) is 5.56 Å². The lowest BCUT2D eigenvalue weighted by Gasteiger charge is -2.19. The minimum Gasteiger partial charge on any atom is -0.493 e. The molecule has 1 fully saturated rings. The number of benzene rings is 1. The van der Waals surface area contributed by atoms with Crippen LogP contribution in [0.15, 0.2) is 27.9 Å². The predicted octanol–water partition coefficient (Wildman–Crippen LogP) is 3.16. The number of likely N-dealkylation sites (tertiary alicyclic amines) is 1. The Kier molecular flexibility index (Phi) is 8.35. The summed E-state index contributed by atoms with van der Waals surface area (Å²) in [5, 5.41) is 4.51. The highest BCUT2D eigenvalue weighted by Crippen LogP contribution is 2.31. The van der Waals surface area contributed by atoms with Crippen LogP contribution in [0.2, 0.25) is 0 Å². The van der Waals surface area contributed by atoms with Crippen LogP contribution < -0.4 is 15.0 Å². The van der Waals surface area contributed by atoms with E-state index in [9.17, 15) is 9.00 Å². The molecule has 10 heteroatoms. The predicted molar refractivity (Wildman–Crippen MR) is 139 cm³/mol. The van der Waals surface area contributed by atoms with Crippen LogP contribution in [0.4, 0.5) is 0 Å². The summed E-state index contributed by atoms with van der Waals surface area (Å²) in [6.45, 7) is 6.43. The Morgan fingerprint density at radius 3 is 2.80 bits per heavy atom. The van der Waals surface area contributed by atoms with Gasteiger partial charge in [0.1, 0.15) is 28.1 Å². The molecule has 1 aliphatic heterocycles. The minimum absolute atomic E-state index is 0.255. The van der Waals surface area contributed by atoms with Crippen LogP contribution >= 0.6 is 0 Å². The van der Waals surface area contributed by atoms with Crippen LogP contribution in [0.1, 0.15) is 51.6 Å². The molecule has 190 valence electrons. The van der Waals surface area contributed by atoms with Gasteiger partial charge in [0.2, 0.25) is 0 Å². The lowest BCUT2D eigenvalue weighted by molar-refractivity contribution is 0.297. The fraction of sp³-hybridized carbons (Fsp3) is 0.560. The molecule has 2 N–H and O–H groups in total. The lowest BCUT2D eigenvalue weighted by atomic mass is 10.1. The smallest absolute Gasteiger partial charge is 0.277 e. The Balaban J connectivity index is 1.65. The van der Waals surface area contributed by atoms with E-state index in [0.29, 0.717) is 52.3 Å². The van der Waals surface area contributed by atoms with E-state index >= 15 is 0 Å². The molecule has 9 nitrogen and oxygen atoms in total. The molecule has 0 radical (unpaired) electrons. The van der Waals surface area contributed by atoms with E-state index in [1.54, 1.807) is 17.8 Å². The average Bonchev–Trinajstić information content (AvgIpc) is 3.40. The number of H-pyrrole nitrogens is 1. The fourth-order valence-corrected chi connectivity index (χ4v) is 5.56. The minimum atomic E-state index is -1.39. The molecule has 0 amide bonds. The number of aryl methyl sites for hydroxylation is 2. The molecule has 4 rings (SSSR count). The van der Waals surface area contributed by atoms with E-state index < -0.39 is 11.0 Å². The van der Waals surface area contributed by atoms with Crippen molar-refractivity contribution in [2.45, 2.75) is 63.3 Å². The first kappa shape index (κ1) is 25.5. The Morgan fingerprint density at radius 2 is 2.09 bits per heavy atom. The van der Waals surface area contributed by atoms with Crippen molar-refractivity contribution in [3.63, 3.8) is 0 Å². The number of ether oxygens (including phenoxy) is 1. The molecule has 2 unspecified atom stereocenters. The summed E-state index contributed by atoms with van der Waals surface area (Å²) in [5.41, 5.74) is 2.21. The van der Waals surface area contributed by atoms with Crippen molar-refractivity contribution in [2.75, 3.05) is 26.7 Å². The first-order chi connectivity index (χ1) is 16.9.